The topological polar surface area (TPSA) is 53.1 Å². The number of ether oxygens (including phenoxy) is 1. The smallest absolute Gasteiger partial charge is 0.0952 e. The van der Waals surface area contributed by atoms with Crippen LogP contribution in [0, 0.1) is 5.92 Å². The second kappa shape index (κ2) is 5.63. The molecule has 3 rings (SSSR count). The molecule has 6 heteroatoms. The van der Waals surface area contributed by atoms with Gasteiger partial charge >= 0.3 is 0 Å². The molecule has 1 aliphatic rings. The highest BCUT2D eigenvalue weighted by Crippen LogP contribution is 2.28. The van der Waals surface area contributed by atoms with Gasteiger partial charge in [-0.3, -0.25) is 0 Å². The minimum absolute atomic E-state index is 0.0135. The Morgan fingerprint density at radius 2 is 2.47 bits per heavy atom. The normalized spacial score (nSPS) is 20.8. The van der Waals surface area contributed by atoms with Gasteiger partial charge in [0.15, 0.2) is 0 Å². The second-order valence-corrected chi connectivity index (χ2v) is 6.60. The molecule has 4 nitrogen and oxygen atoms in total. The summed E-state index contributed by atoms with van der Waals surface area (Å²) in [4.78, 5) is 5.44. The van der Waals surface area contributed by atoms with Crippen LogP contribution in [0.1, 0.15) is 23.0 Å². The standard InChI is InChI=1S/C13H16ClN3OS/c14-12-2-1-10(19-12)6-17-8-16-5-11(17)13(15)9-3-4-18-7-9/h1-2,5,8-9,13H,3-4,6-7,15H2. The summed E-state index contributed by atoms with van der Waals surface area (Å²) in [6, 6.07) is 3.95. The SMILES string of the molecule is NC(c1cncn1Cc1ccc(Cl)s1)C1CCOC1. The molecule has 0 amide bonds. The average Bonchev–Trinajstić information content (AvgIpc) is 3.10. The van der Waals surface area contributed by atoms with Gasteiger partial charge in [-0.25, -0.2) is 4.98 Å². The Labute approximate surface area is 121 Å². The maximum absolute atomic E-state index is 6.34. The van der Waals surface area contributed by atoms with Crippen LogP contribution in [0.4, 0.5) is 0 Å². The number of thiophene rings is 1. The summed E-state index contributed by atoms with van der Waals surface area (Å²) < 4.78 is 8.33. The van der Waals surface area contributed by atoms with Crippen molar-refractivity contribution in [2.75, 3.05) is 13.2 Å². The molecular weight excluding hydrogens is 282 g/mol. The summed E-state index contributed by atoms with van der Waals surface area (Å²) in [5.74, 6) is 0.391. The Hall–Kier alpha value is -0.880. The molecular formula is C13H16ClN3OS. The molecule has 1 fully saturated rings. The molecule has 0 saturated carbocycles. The van der Waals surface area contributed by atoms with E-state index in [-0.39, 0.29) is 6.04 Å². The zero-order chi connectivity index (χ0) is 13.2. The first-order chi connectivity index (χ1) is 9.24. The Morgan fingerprint density at radius 1 is 1.58 bits per heavy atom. The minimum atomic E-state index is -0.0135. The fourth-order valence-electron chi connectivity index (χ4n) is 2.42. The van der Waals surface area contributed by atoms with Crippen LogP contribution in [-0.4, -0.2) is 22.8 Å². The summed E-state index contributed by atoms with van der Waals surface area (Å²) >= 11 is 7.55. The molecule has 0 aliphatic carbocycles. The van der Waals surface area contributed by atoms with Gasteiger partial charge in [0.25, 0.3) is 0 Å². The quantitative estimate of drug-likeness (QED) is 0.944. The molecule has 2 aromatic heterocycles. The first-order valence-corrected chi connectivity index (χ1v) is 7.51. The van der Waals surface area contributed by atoms with Gasteiger partial charge in [-0.1, -0.05) is 11.6 Å². The predicted molar refractivity (Wildman–Crippen MR) is 76.5 cm³/mol. The van der Waals surface area contributed by atoms with Crippen molar-refractivity contribution < 1.29 is 4.74 Å². The first kappa shape index (κ1) is 13.1. The summed E-state index contributed by atoms with van der Waals surface area (Å²) in [6.07, 6.45) is 4.72. The number of hydrogen-bond acceptors (Lipinski definition) is 4. The number of halogens is 1. The molecule has 102 valence electrons. The van der Waals surface area contributed by atoms with E-state index in [2.05, 4.69) is 9.55 Å². The van der Waals surface area contributed by atoms with Gasteiger partial charge in [-0.2, -0.15) is 0 Å². The zero-order valence-electron chi connectivity index (χ0n) is 10.5. The van der Waals surface area contributed by atoms with E-state index in [1.54, 1.807) is 11.3 Å². The van der Waals surface area contributed by atoms with Crippen LogP contribution in [0.3, 0.4) is 0 Å². The first-order valence-electron chi connectivity index (χ1n) is 6.31. The Kier molecular flexibility index (Phi) is 3.88. The van der Waals surface area contributed by atoms with Gasteiger partial charge in [0.2, 0.25) is 0 Å². The van der Waals surface area contributed by atoms with E-state index in [0.29, 0.717) is 5.92 Å². The van der Waals surface area contributed by atoms with Crippen LogP contribution >= 0.6 is 22.9 Å². The van der Waals surface area contributed by atoms with Crippen LogP contribution in [0.2, 0.25) is 4.34 Å². The van der Waals surface area contributed by atoms with Gasteiger partial charge in [-0.15, -0.1) is 11.3 Å². The molecule has 2 aromatic rings. The van der Waals surface area contributed by atoms with Gasteiger partial charge in [0, 0.05) is 23.6 Å². The molecule has 0 spiro atoms. The Balaban J connectivity index is 1.77. The van der Waals surface area contributed by atoms with E-state index in [4.69, 9.17) is 22.1 Å². The lowest BCUT2D eigenvalue weighted by molar-refractivity contribution is 0.180. The van der Waals surface area contributed by atoms with Crippen molar-refractivity contribution in [1.29, 1.82) is 0 Å². The largest absolute Gasteiger partial charge is 0.381 e. The number of imidazole rings is 1. The lowest BCUT2D eigenvalue weighted by Gasteiger charge is -2.19. The van der Waals surface area contributed by atoms with Crippen LogP contribution in [0.15, 0.2) is 24.7 Å². The average molecular weight is 298 g/mol. The highest BCUT2D eigenvalue weighted by molar-refractivity contribution is 7.16. The van der Waals surface area contributed by atoms with E-state index >= 15 is 0 Å². The molecule has 1 saturated heterocycles. The molecule has 3 heterocycles. The van der Waals surface area contributed by atoms with Crippen LogP contribution in [0.25, 0.3) is 0 Å². The molecule has 19 heavy (non-hydrogen) atoms. The van der Waals surface area contributed by atoms with Crippen molar-refractivity contribution in [1.82, 2.24) is 9.55 Å². The number of rotatable bonds is 4. The van der Waals surface area contributed by atoms with E-state index in [0.717, 1.165) is 36.2 Å². The van der Waals surface area contributed by atoms with Gasteiger partial charge in [0.1, 0.15) is 0 Å². The Bertz CT molecular complexity index is 548. The fraction of sp³-hybridized carbons (Fsp3) is 0.462. The lowest BCUT2D eigenvalue weighted by Crippen LogP contribution is -2.24. The van der Waals surface area contributed by atoms with E-state index in [9.17, 15) is 0 Å². The zero-order valence-corrected chi connectivity index (χ0v) is 12.0. The monoisotopic (exact) mass is 297 g/mol. The molecule has 2 unspecified atom stereocenters. The number of aromatic nitrogens is 2. The maximum Gasteiger partial charge on any atom is 0.0952 e. The molecule has 2 atom stereocenters. The highest BCUT2D eigenvalue weighted by atomic mass is 35.5. The van der Waals surface area contributed by atoms with Crippen LogP contribution in [0.5, 0.6) is 0 Å². The van der Waals surface area contributed by atoms with E-state index < -0.39 is 0 Å². The Morgan fingerprint density at radius 3 is 3.16 bits per heavy atom. The molecule has 0 bridgehead atoms. The predicted octanol–water partition coefficient (Wildman–Crippen LogP) is 2.68. The third-order valence-electron chi connectivity index (χ3n) is 3.51. The van der Waals surface area contributed by atoms with Gasteiger partial charge in [0.05, 0.1) is 35.6 Å². The summed E-state index contributed by atoms with van der Waals surface area (Å²) in [6.45, 7) is 2.33. The number of nitrogens with zero attached hydrogens (tertiary/aromatic N) is 2. The molecule has 2 N–H and O–H groups in total. The number of hydrogen-bond donors (Lipinski definition) is 1. The minimum Gasteiger partial charge on any atom is -0.381 e. The van der Waals surface area contributed by atoms with Crippen molar-refractivity contribution in [3.8, 4) is 0 Å². The third kappa shape index (κ3) is 2.84. The molecule has 0 radical (unpaired) electrons. The van der Waals surface area contributed by atoms with Crippen LogP contribution in [-0.2, 0) is 11.3 Å². The van der Waals surface area contributed by atoms with Crippen molar-refractivity contribution in [3.63, 3.8) is 0 Å². The van der Waals surface area contributed by atoms with Gasteiger partial charge in [-0.05, 0) is 18.6 Å². The molecule has 1 aliphatic heterocycles. The fourth-order valence-corrected chi connectivity index (χ4v) is 3.51. The number of nitrogens with two attached hydrogens (primary N) is 1. The summed E-state index contributed by atoms with van der Waals surface area (Å²) in [5.41, 5.74) is 7.41. The van der Waals surface area contributed by atoms with Crippen molar-refractivity contribution in [3.05, 3.63) is 39.6 Å². The molecule has 0 aromatic carbocycles. The summed E-state index contributed by atoms with van der Waals surface area (Å²) in [7, 11) is 0. The van der Waals surface area contributed by atoms with Crippen molar-refractivity contribution in [2.24, 2.45) is 11.7 Å². The van der Waals surface area contributed by atoms with Crippen molar-refractivity contribution >= 4 is 22.9 Å². The summed E-state index contributed by atoms with van der Waals surface area (Å²) in [5, 5.41) is 0. The van der Waals surface area contributed by atoms with Gasteiger partial charge < -0.3 is 15.0 Å². The van der Waals surface area contributed by atoms with Crippen molar-refractivity contribution in [2.45, 2.75) is 19.0 Å². The third-order valence-corrected chi connectivity index (χ3v) is 4.73. The maximum atomic E-state index is 6.34. The van der Waals surface area contributed by atoms with E-state index in [1.807, 2.05) is 24.7 Å². The van der Waals surface area contributed by atoms with E-state index in [1.165, 1.54) is 4.88 Å². The van der Waals surface area contributed by atoms with Crippen LogP contribution < -0.4 is 5.73 Å². The second-order valence-electron chi connectivity index (χ2n) is 4.80. The lowest BCUT2D eigenvalue weighted by atomic mass is 9.97. The highest BCUT2D eigenvalue weighted by Gasteiger charge is 2.26.